The zero-order valence-electron chi connectivity index (χ0n) is 13.4. The van der Waals surface area contributed by atoms with Gasteiger partial charge in [-0.25, -0.2) is 13.8 Å². The minimum absolute atomic E-state index is 0.212. The molecule has 0 radical (unpaired) electrons. The maximum atomic E-state index is 13.3. The van der Waals surface area contributed by atoms with E-state index in [1.165, 1.54) is 30.5 Å². The number of nitrogens with zero attached hydrogens (tertiary/aromatic N) is 1. The first-order valence-electron chi connectivity index (χ1n) is 7.63. The molecule has 0 aliphatic carbocycles. The van der Waals surface area contributed by atoms with Crippen LogP contribution in [0.4, 0.5) is 8.78 Å². The molecule has 0 saturated heterocycles. The first-order valence-corrected chi connectivity index (χ1v) is 8.42. The molecule has 3 rings (SSSR count). The van der Waals surface area contributed by atoms with Crippen LogP contribution >= 0.6 is 15.9 Å². The molecule has 1 N–H and O–H groups in total. The van der Waals surface area contributed by atoms with Crippen molar-refractivity contribution in [2.24, 2.45) is 0 Å². The Hall–Kier alpha value is -2.80. The van der Waals surface area contributed by atoms with E-state index < -0.39 is 17.5 Å². The SMILES string of the molecule is O=C(NCc1ccc(Oc2cccc(F)c2)nc1)c1cc(F)ccc1Br. The topological polar surface area (TPSA) is 51.2 Å². The van der Waals surface area contributed by atoms with E-state index in [-0.39, 0.29) is 12.1 Å². The fourth-order valence-electron chi connectivity index (χ4n) is 2.18. The summed E-state index contributed by atoms with van der Waals surface area (Å²) in [5.41, 5.74) is 0.946. The summed E-state index contributed by atoms with van der Waals surface area (Å²) in [6.45, 7) is 0.217. The average molecular weight is 419 g/mol. The molecule has 1 heterocycles. The molecule has 4 nitrogen and oxygen atoms in total. The second-order valence-corrected chi connectivity index (χ2v) is 6.23. The van der Waals surface area contributed by atoms with Crippen molar-refractivity contribution in [2.45, 2.75) is 6.54 Å². The Morgan fingerprint density at radius 2 is 1.88 bits per heavy atom. The van der Waals surface area contributed by atoms with Gasteiger partial charge in [-0.1, -0.05) is 12.1 Å². The van der Waals surface area contributed by atoms with Crippen molar-refractivity contribution < 1.29 is 18.3 Å². The van der Waals surface area contributed by atoms with Crippen LogP contribution in [-0.4, -0.2) is 10.9 Å². The molecule has 0 aliphatic heterocycles. The fraction of sp³-hybridized carbons (Fsp3) is 0.0526. The van der Waals surface area contributed by atoms with Gasteiger partial charge in [-0.15, -0.1) is 0 Å². The fourth-order valence-corrected chi connectivity index (χ4v) is 2.60. The number of amides is 1. The molecule has 7 heteroatoms. The molecule has 1 aromatic heterocycles. The highest BCUT2D eigenvalue weighted by atomic mass is 79.9. The number of aromatic nitrogens is 1. The first-order chi connectivity index (χ1) is 12.5. The van der Waals surface area contributed by atoms with Crippen molar-refractivity contribution in [2.75, 3.05) is 0 Å². The second kappa shape index (κ2) is 8.05. The van der Waals surface area contributed by atoms with E-state index in [0.29, 0.717) is 16.1 Å². The van der Waals surface area contributed by atoms with E-state index in [1.54, 1.807) is 24.3 Å². The lowest BCUT2D eigenvalue weighted by atomic mass is 10.2. The highest BCUT2D eigenvalue weighted by Gasteiger charge is 2.11. The lowest BCUT2D eigenvalue weighted by molar-refractivity contribution is 0.0949. The number of benzene rings is 2. The summed E-state index contributed by atoms with van der Waals surface area (Å²) in [6.07, 6.45) is 1.54. The molecular weight excluding hydrogens is 406 g/mol. The van der Waals surface area contributed by atoms with Crippen LogP contribution in [0, 0.1) is 11.6 Å². The van der Waals surface area contributed by atoms with Gasteiger partial charge in [0.1, 0.15) is 17.4 Å². The summed E-state index contributed by atoms with van der Waals surface area (Å²) in [5.74, 6) is -0.645. The van der Waals surface area contributed by atoms with Gasteiger partial charge in [0.25, 0.3) is 5.91 Å². The van der Waals surface area contributed by atoms with Crippen molar-refractivity contribution >= 4 is 21.8 Å². The molecule has 0 aliphatic rings. The summed E-state index contributed by atoms with van der Waals surface area (Å²) >= 11 is 3.22. The average Bonchev–Trinajstić information content (AvgIpc) is 2.63. The summed E-state index contributed by atoms with van der Waals surface area (Å²) in [5, 5.41) is 2.69. The number of hydrogen-bond acceptors (Lipinski definition) is 3. The van der Waals surface area contributed by atoms with E-state index >= 15 is 0 Å². The van der Waals surface area contributed by atoms with Gasteiger partial charge < -0.3 is 10.1 Å². The Labute approximate surface area is 157 Å². The normalized spacial score (nSPS) is 10.4. The maximum Gasteiger partial charge on any atom is 0.252 e. The van der Waals surface area contributed by atoms with Crippen LogP contribution in [-0.2, 0) is 6.54 Å². The van der Waals surface area contributed by atoms with Gasteiger partial charge in [-0.05, 0) is 51.8 Å². The van der Waals surface area contributed by atoms with Crippen molar-refractivity contribution in [1.82, 2.24) is 10.3 Å². The predicted octanol–water partition coefficient (Wildman–Crippen LogP) is 4.84. The van der Waals surface area contributed by atoms with E-state index in [0.717, 1.165) is 11.6 Å². The van der Waals surface area contributed by atoms with Gasteiger partial charge in [-0.3, -0.25) is 4.79 Å². The maximum absolute atomic E-state index is 13.3. The number of rotatable bonds is 5. The number of halogens is 3. The number of ether oxygens (including phenoxy) is 1. The molecule has 26 heavy (non-hydrogen) atoms. The highest BCUT2D eigenvalue weighted by molar-refractivity contribution is 9.10. The van der Waals surface area contributed by atoms with Gasteiger partial charge in [0, 0.05) is 29.3 Å². The minimum Gasteiger partial charge on any atom is -0.439 e. The van der Waals surface area contributed by atoms with Crippen LogP contribution in [0.5, 0.6) is 11.6 Å². The smallest absolute Gasteiger partial charge is 0.252 e. The molecule has 0 spiro atoms. The van der Waals surface area contributed by atoms with E-state index in [9.17, 15) is 13.6 Å². The number of pyridine rings is 1. The van der Waals surface area contributed by atoms with E-state index in [2.05, 4.69) is 26.2 Å². The van der Waals surface area contributed by atoms with Crippen LogP contribution in [0.15, 0.2) is 65.3 Å². The van der Waals surface area contributed by atoms with Crippen LogP contribution in [0.25, 0.3) is 0 Å². The predicted molar refractivity (Wildman–Crippen MR) is 96.0 cm³/mol. The second-order valence-electron chi connectivity index (χ2n) is 5.37. The Bertz CT molecular complexity index is 933. The molecule has 0 bridgehead atoms. The van der Waals surface area contributed by atoms with Crippen molar-refractivity contribution in [1.29, 1.82) is 0 Å². The summed E-state index contributed by atoms with van der Waals surface area (Å²) in [7, 11) is 0. The highest BCUT2D eigenvalue weighted by Crippen LogP contribution is 2.20. The van der Waals surface area contributed by atoms with Gasteiger partial charge in [0.2, 0.25) is 5.88 Å². The quantitative estimate of drug-likeness (QED) is 0.644. The molecule has 0 atom stereocenters. The van der Waals surface area contributed by atoms with E-state index in [1.807, 2.05) is 0 Å². The Morgan fingerprint density at radius 1 is 1.08 bits per heavy atom. The standard InChI is InChI=1S/C19H13BrF2N2O2/c20-17-6-5-14(22)9-16(17)19(25)24-11-12-4-7-18(23-10-12)26-15-3-1-2-13(21)8-15/h1-10H,11H2,(H,24,25). The molecule has 0 unspecified atom stereocenters. The third-order valence-corrected chi connectivity index (χ3v) is 4.13. The minimum atomic E-state index is -0.487. The van der Waals surface area contributed by atoms with Crippen molar-refractivity contribution in [3.63, 3.8) is 0 Å². The Balaban J connectivity index is 1.61. The van der Waals surface area contributed by atoms with Crippen LogP contribution in [0.3, 0.4) is 0 Å². The lowest BCUT2D eigenvalue weighted by Crippen LogP contribution is -2.23. The summed E-state index contributed by atoms with van der Waals surface area (Å²) < 4.78 is 32.4. The van der Waals surface area contributed by atoms with Crippen LogP contribution in [0.2, 0.25) is 0 Å². The molecule has 1 amide bonds. The molecule has 3 aromatic rings. The monoisotopic (exact) mass is 418 g/mol. The molecular formula is C19H13BrF2N2O2. The Morgan fingerprint density at radius 3 is 2.62 bits per heavy atom. The summed E-state index contributed by atoms with van der Waals surface area (Å²) in [6, 6.07) is 13.0. The van der Waals surface area contributed by atoms with Gasteiger partial charge in [0.15, 0.2) is 0 Å². The van der Waals surface area contributed by atoms with Gasteiger partial charge in [-0.2, -0.15) is 0 Å². The molecule has 0 fully saturated rings. The van der Waals surface area contributed by atoms with Gasteiger partial charge in [0.05, 0.1) is 5.56 Å². The van der Waals surface area contributed by atoms with Crippen molar-refractivity contribution in [3.05, 3.63) is 88.0 Å². The third-order valence-electron chi connectivity index (χ3n) is 3.44. The number of carbonyl (C=O) groups excluding carboxylic acids is 1. The summed E-state index contributed by atoms with van der Waals surface area (Å²) in [4.78, 5) is 16.3. The first kappa shape index (κ1) is 18.0. The van der Waals surface area contributed by atoms with E-state index in [4.69, 9.17) is 4.74 Å². The molecule has 2 aromatic carbocycles. The van der Waals surface area contributed by atoms with Crippen LogP contribution in [0.1, 0.15) is 15.9 Å². The van der Waals surface area contributed by atoms with Crippen molar-refractivity contribution in [3.8, 4) is 11.6 Å². The largest absolute Gasteiger partial charge is 0.439 e. The van der Waals surface area contributed by atoms with Gasteiger partial charge >= 0.3 is 0 Å². The Kier molecular flexibility index (Phi) is 5.58. The van der Waals surface area contributed by atoms with Crippen LogP contribution < -0.4 is 10.1 Å². The number of carbonyl (C=O) groups is 1. The third kappa shape index (κ3) is 4.64. The number of nitrogens with one attached hydrogen (secondary N) is 1. The lowest BCUT2D eigenvalue weighted by Gasteiger charge is -2.08. The zero-order valence-corrected chi connectivity index (χ0v) is 15.0. The molecule has 132 valence electrons. The number of hydrogen-bond donors (Lipinski definition) is 1. The molecule has 0 saturated carbocycles. The zero-order chi connectivity index (χ0) is 18.5.